The van der Waals surface area contributed by atoms with Crippen LogP contribution in [0.15, 0.2) is 52.9 Å². The summed E-state index contributed by atoms with van der Waals surface area (Å²) in [5.74, 6) is -1.26. The molecule has 3 aromatic rings. The van der Waals surface area contributed by atoms with Crippen LogP contribution in [0, 0.1) is 0 Å². The van der Waals surface area contributed by atoms with Crippen molar-refractivity contribution in [2.24, 2.45) is 0 Å². The number of benzene rings is 2. The van der Waals surface area contributed by atoms with Gasteiger partial charge in [-0.1, -0.05) is 30.3 Å². The van der Waals surface area contributed by atoms with Gasteiger partial charge in [0.15, 0.2) is 15.6 Å². The summed E-state index contributed by atoms with van der Waals surface area (Å²) >= 11 is 0. The van der Waals surface area contributed by atoms with Gasteiger partial charge in [-0.2, -0.15) is 0 Å². The van der Waals surface area contributed by atoms with Gasteiger partial charge in [-0.15, -0.1) is 0 Å². The number of sulfone groups is 1. The maximum atomic E-state index is 13.0. The van der Waals surface area contributed by atoms with Gasteiger partial charge in [0.2, 0.25) is 0 Å². The molecule has 7 nitrogen and oxygen atoms in total. The summed E-state index contributed by atoms with van der Waals surface area (Å²) in [6.45, 7) is 0. The highest BCUT2D eigenvalue weighted by molar-refractivity contribution is 7.89. The number of para-hydroxylation sites is 2. The molecule has 0 unspecified atom stereocenters. The molecule has 4 rings (SSSR count). The van der Waals surface area contributed by atoms with Crippen LogP contribution in [0.5, 0.6) is 0 Å². The van der Waals surface area contributed by atoms with Gasteiger partial charge in [0, 0.05) is 23.2 Å². The smallest absolute Gasteiger partial charge is 0.291 e. The number of anilines is 1. The summed E-state index contributed by atoms with van der Waals surface area (Å²) in [7, 11) is -3.40. The van der Waals surface area contributed by atoms with Crippen molar-refractivity contribution in [1.82, 2.24) is 5.32 Å². The third kappa shape index (κ3) is 4.32. The highest BCUT2D eigenvalue weighted by Gasteiger charge is 2.27. The summed E-state index contributed by atoms with van der Waals surface area (Å²) in [6, 6.07) is 13.7. The second-order valence-electron chi connectivity index (χ2n) is 7.22. The number of carbonyl (C=O) groups excluding carboxylic acids is 2. The van der Waals surface area contributed by atoms with Crippen molar-refractivity contribution in [3.05, 3.63) is 65.4 Å². The molecule has 1 heterocycles. The molecule has 150 valence electrons. The summed E-state index contributed by atoms with van der Waals surface area (Å²) in [5.41, 5.74) is 1.41. The van der Waals surface area contributed by atoms with Gasteiger partial charge in [0.05, 0.1) is 17.0 Å². The van der Waals surface area contributed by atoms with E-state index in [0.29, 0.717) is 27.8 Å². The van der Waals surface area contributed by atoms with E-state index in [0.717, 1.165) is 19.1 Å². The van der Waals surface area contributed by atoms with Crippen molar-refractivity contribution < 1.29 is 22.4 Å². The maximum Gasteiger partial charge on any atom is 0.291 e. The lowest BCUT2D eigenvalue weighted by molar-refractivity contribution is 0.0952. The van der Waals surface area contributed by atoms with Gasteiger partial charge in [-0.05, 0) is 31.0 Å². The quantitative estimate of drug-likeness (QED) is 0.647. The van der Waals surface area contributed by atoms with Crippen LogP contribution in [0.4, 0.5) is 5.69 Å². The van der Waals surface area contributed by atoms with Crippen molar-refractivity contribution in [1.29, 1.82) is 0 Å². The molecule has 0 atom stereocenters. The first-order valence-corrected chi connectivity index (χ1v) is 11.3. The number of fused-ring (bicyclic) bond motifs is 1. The molecule has 29 heavy (non-hydrogen) atoms. The Morgan fingerprint density at radius 3 is 2.45 bits per heavy atom. The molecule has 0 saturated heterocycles. The third-order valence-electron chi connectivity index (χ3n) is 4.64. The number of rotatable bonds is 6. The minimum absolute atomic E-state index is 0.0750. The Morgan fingerprint density at radius 1 is 1.03 bits per heavy atom. The Balaban J connectivity index is 1.68. The normalized spacial score (nSPS) is 14.0. The van der Waals surface area contributed by atoms with E-state index < -0.39 is 15.7 Å². The van der Waals surface area contributed by atoms with Gasteiger partial charge in [-0.25, -0.2) is 8.42 Å². The Kier molecular flexibility index (Phi) is 4.87. The number of nitrogens with one attached hydrogen (secondary N) is 2. The first-order chi connectivity index (χ1) is 13.8. The van der Waals surface area contributed by atoms with E-state index in [-0.39, 0.29) is 23.5 Å². The lowest BCUT2D eigenvalue weighted by atomic mass is 10.1. The van der Waals surface area contributed by atoms with Gasteiger partial charge >= 0.3 is 0 Å². The van der Waals surface area contributed by atoms with Crippen molar-refractivity contribution >= 4 is 38.3 Å². The molecule has 0 bridgehead atoms. The predicted octanol–water partition coefficient (Wildman–Crippen LogP) is 3.12. The fourth-order valence-electron chi connectivity index (χ4n) is 3.15. The zero-order valence-electron chi connectivity index (χ0n) is 15.8. The van der Waals surface area contributed by atoms with Crippen molar-refractivity contribution in [3.63, 3.8) is 0 Å². The Morgan fingerprint density at radius 2 is 1.72 bits per heavy atom. The van der Waals surface area contributed by atoms with E-state index in [9.17, 15) is 18.0 Å². The zero-order valence-corrected chi connectivity index (χ0v) is 16.6. The summed E-state index contributed by atoms with van der Waals surface area (Å²) in [4.78, 5) is 25.4. The van der Waals surface area contributed by atoms with E-state index in [2.05, 4.69) is 10.6 Å². The topological polar surface area (TPSA) is 105 Å². The summed E-state index contributed by atoms with van der Waals surface area (Å²) < 4.78 is 29.5. The summed E-state index contributed by atoms with van der Waals surface area (Å²) in [5, 5.41) is 6.17. The van der Waals surface area contributed by atoms with Gasteiger partial charge in [0.1, 0.15) is 5.58 Å². The van der Waals surface area contributed by atoms with Crippen LogP contribution in [0.3, 0.4) is 0 Å². The van der Waals surface area contributed by atoms with Crippen LogP contribution >= 0.6 is 0 Å². The molecule has 1 aromatic heterocycles. The van der Waals surface area contributed by atoms with E-state index in [1.54, 1.807) is 48.5 Å². The predicted molar refractivity (Wildman–Crippen MR) is 110 cm³/mol. The van der Waals surface area contributed by atoms with E-state index in [1.165, 1.54) is 0 Å². The second-order valence-corrected chi connectivity index (χ2v) is 9.36. The number of furan rings is 1. The summed E-state index contributed by atoms with van der Waals surface area (Å²) in [6.07, 6.45) is 3.01. The second kappa shape index (κ2) is 7.36. The van der Waals surface area contributed by atoms with Gasteiger partial charge in [0.25, 0.3) is 11.8 Å². The first-order valence-electron chi connectivity index (χ1n) is 9.21. The average Bonchev–Trinajstić information content (AvgIpc) is 3.41. The molecule has 1 aliphatic rings. The highest BCUT2D eigenvalue weighted by atomic mass is 32.2. The van der Waals surface area contributed by atoms with Crippen molar-refractivity contribution in [3.8, 4) is 0 Å². The Hall–Kier alpha value is -3.13. The third-order valence-corrected chi connectivity index (χ3v) is 5.46. The molecule has 8 heteroatoms. The molecule has 1 saturated carbocycles. The van der Waals surface area contributed by atoms with Crippen LogP contribution in [0.2, 0.25) is 0 Å². The maximum absolute atomic E-state index is 13.0. The Labute approximate surface area is 168 Å². The van der Waals surface area contributed by atoms with E-state index >= 15 is 0 Å². The molecule has 0 aliphatic heterocycles. The van der Waals surface area contributed by atoms with Crippen LogP contribution in [0.25, 0.3) is 11.0 Å². The highest BCUT2D eigenvalue weighted by Crippen LogP contribution is 2.29. The number of carbonyl (C=O) groups is 2. The Bertz CT molecular complexity index is 1210. The minimum atomic E-state index is -3.40. The largest absolute Gasteiger partial charge is 0.451 e. The SMILES string of the molecule is CS(=O)(=O)Cc1c(C(=O)Nc2ccccc2C(=O)NC2CC2)oc2ccccc12. The fraction of sp³-hybridized carbons (Fsp3) is 0.238. The minimum Gasteiger partial charge on any atom is -0.451 e. The number of hydrogen-bond donors (Lipinski definition) is 2. The molecule has 2 N–H and O–H groups in total. The van der Waals surface area contributed by atoms with Crippen LogP contribution in [0.1, 0.15) is 39.3 Å². The molecule has 2 amide bonds. The molecule has 1 fully saturated rings. The lowest BCUT2D eigenvalue weighted by Gasteiger charge is -2.11. The molecule has 0 spiro atoms. The number of hydrogen-bond acceptors (Lipinski definition) is 5. The van der Waals surface area contributed by atoms with E-state index in [1.807, 2.05) is 0 Å². The van der Waals surface area contributed by atoms with Crippen LogP contribution in [-0.4, -0.2) is 32.5 Å². The molecule has 2 aromatic carbocycles. The van der Waals surface area contributed by atoms with Crippen LogP contribution in [-0.2, 0) is 15.6 Å². The molecule has 0 radical (unpaired) electrons. The lowest BCUT2D eigenvalue weighted by Crippen LogP contribution is -2.27. The standard InChI is InChI=1S/C21H20N2O5S/c1-29(26,27)12-16-14-6-3-5-9-18(14)28-19(16)21(25)23-17-8-4-2-7-15(17)20(24)22-13-10-11-13/h2-9,13H,10-12H2,1H3,(H,22,24)(H,23,25). The molecular weight excluding hydrogens is 392 g/mol. The number of amides is 2. The van der Waals surface area contributed by atoms with E-state index in [4.69, 9.17) is 4.42 Å². The van der Waals surface area contributed by atoms with Gasteiger partial charge in [-0.3, -0.25) is 9.59 Å². The average molecular weight is 412 g/mol. The van der Waals surface area contributed by atoms with Crippen LogP contribution < -0.4 is 10.6 Å². The van der Waals surface area contributed by atoms with Gasteiger partial charge < -0.3 is 15.1 Å². The molecule has 1 aliphatic carbocycles. The first kappa shape index (κ1) is 19.2. The molecular formula is C21H20N2O5S. The van der Waals surface area contributed by atoms with Crippen molar-refractivity contribution in [2.45, 2.75) is 24.6 Å². The fourth-order valence-corrected chi connectivity index (χ4v) is 3.96. The monoisotopic (exact) mass is 412 g/mol. The van der Waals surface area contributed by atoms with Crippen molar-refractivity contribution in [2.75, 3.05) is 11.6 Å². The zero-order chi connectivity index (χ0) is 20.6.